The zero-order chi connectivity index (χ0) is 6.41. The summed E-state index contributed by atoms with van der Waals surface area (Å²) < 4.78 is 0. The minimum atomic E-state index is -0.172. The number of aliphatic hydroxyl groups is 1. The van der Waals surface area contributed by atoms with Gasteiger partial charge in [-0.25, -0.2) is 0 Å². The van der Waals surface area contributed by atoms with E-state index < -0.39 is 0 Å². The Morgan fingerprint density at radius 1 is 1.67 bits per heavy atom. The Morgan fingerprint density at radius 2 is 2.22 bits per heavy atom. The van der Waals surface area contributed by atoms with Crippen LogP contribution in [0.4, 0.5) is 0 Å². The molecule has 1 radical (unpaired) electrons. The molecule has 3 N–H and O–H groups in total. The molecule has 0 aliphatic rings. The third-order valence-electron chi connectivity index (χ3n) is 0.440. The van der Waals surface area contributed by atoms with Crippen molar-refractivity contribution in [1.82, 2.24) is 5.43 Å². The Hall–Kier alpha value is -0.0400. The van der Waals surface area contributed by atoms with Crippen molar-refractivity contribution in [1.29, 1.82) is 0 Å². The Labute approximate surface area is 74.0 Å². The summed E-state index contributed by atoms with van der Waals surface area (Å²) in [6.45, 7) is -0.0954. The van der Waals surface area contributed by atoms with Gasteiger partial charge in [-0.15, -0.1) is 0 Å². The van der Waals surface area contributed by atoms with E-state index >= 15 is 0 Å². The molecule has 6 nitrogen and oxygen atoms in total. The van der Waals surface area contributed by atoms with Crippen LogP contribution in [0.2, 0.25) is 0 Å². The minimum absolute atomic E-state index is 0. The van der Waals surface area contributed by atoms with Crippen LogP contribution in [-0.4, -0.2) is 58.0 Å². The zero-order valence-electron chi connectivity index (χ0n) is 5.11. The molecule has 0 atom stereocenters. The summed E-state index contributed by atoms with van der Waals surface area (Å²) in [5.41, 5.74) is 1.99. The largest absolute Gasteiger partial charge is 0.569 e. The topological polar surface area (TPSA) is 90.9 Å². The van der Waals surface area contributed by atoms with Crippen molar-refractivity contribution in [2.75, 3.05) is 13.2 Å². The van der Waals surface area contributed by atoms with Crippen LogP contribution in [0.5, 0.6) is 0 Å². The van der Waals surface area contributed by atoms with Crippen molar-refractivity contribution >= 4 is 29.6 Å². The van der Waals surface area contributed by atoms with Gasteiger partial charge in [0, 0.05) is 29.6 Å². The molecule has 7 heteroatoms. The maximum absolute atomic E-state index is 9.85. The minimum Gasteiger partial charge on any atom is -0.569 e. The van der Waals surface area contributed by atoms with Crippen LogP contribution >= 0.6 is 0 Å². The van der Waals surface area contributed by atoms with E-state index in [9.17, 15) is 5.21 Å². The first-order valence-electron chi connectivity index (χ1n) is 1.98. The van der Waals surface area contributed by atoms with Gasteiger partial charge in [-0.1, -0.05) is 0 Å². The summed E-state index contributed by atoms with van der Waals surface area (Å²) in [6, 6.07) is 0. The first kappa shape index (κ1) is 11.7. The molecule has 0 spiro atoms. The number of nitrogens with one attached hydrogen (secondary N) is 1. The summed E-state index contributed by atoms with van der Waals surface area (Å²) in [5, 5.41) is 27.7. The van der Waals surface area contributed by atoms with Crippen molar-refractivity contribution in [3.05, 3.63) is 5.21 Å². The number of hydrazine groups is 1. The Kier molecular flexibility index (Phi) is 10.4. The van der Waals surface area contributed by atoms with Crippen LogP contribution < -0.4 is 5.43 Å². The fourth-order valence-corrected chi connectivity index (χ4v) is 0.177. The predicted molar refractivity (Wildman–Crippen MR) is 28.7 cm³/mol. The van der Waals surface area contributed by atoms with Gasteiger partial charge in [-0.05, 0) is 0 Å². The molecular formula is C2H7N3NaO3. The van der Waals surface area contributed by atoms with Gasteiger partial charge >= 0.3 is 0 Å². The second kappa shape index (κ2) is 7.96. The van der Waals surface area contributed by atoms with Crippen molar-refractivity contribution < 1.29 is 15.3 Å². The van der Waals surface area contributed by atoms with Gasteiger partial charge in [-0.2, -0.15) is 5.43 Å². The van der Waals surface area contributed by atoms with Crippen LogP contribution in [0.25, 0.3) is 0 Å². The molecular weight excluding hydrogens is 137 g/mol. The molecule has 0 aliphatic heterocycles. The van der Waals surface area contributed by atoms with E-state index in [1.165, 1.54) is 0 Å². The molecule has 0 saturated heterocycles. The molecule has 0 amide bonds. The van der Waals surface area contributed by atoms with E-state index in [1.807, 2.05) is 5.43 Å². The fraction of sp³-hybridized carbons (Fsp3) is 1.00. The summed E-state index contributed by atoms with van der Waals surface area (Å²) in [4.78, 5) is -0.143. The molecule has 0 fully saturated rings. The smallest absolute Gasteiger partial charge is 0.230 e. The summed E-state index contributed by atoms with van der Waals surface area (Å²) in [6.07, 6.45) is 0. The summed E-state index contributed by atoms with van der Waals surface area (Å²) in [7, 11) is 0. The molecule has 0 bridgehead atoms. The van der Waals surface area contributed by atoms with Crippen LogP contribution in [0.1, 0.15) is 0 Å². The number of hydrogen-bond donors (Lipinski definition) is 3. The summed E-state index contributed by atoms with van der Waals surface area (Å²) >= 11 is 0. The van der Waals surface area contributed by atoms with Gasteiger partial charge in [0.1, 0.15) is 0 Å². The molecule has 0 aromatic carbocycles. The molecule has 0 aromatic heterocycles. The molecule has 0 rings (SSSR count). The Balaban J connectivity index is 0. The standard InChI is InChI=1S/C2H7N3O3.Na/c6-2-1-3-5(8)4-7;/h6-7H,1-2H2,(H,3,4);. The van der Waals surface area contributed by atoms with E-state index in [2.05, 4.69) is 5.28 Å². The third kappa shape index (κ3) is 7.96. The summed E-state index contributed by atoms with van der Waals surface area (Å²) in [5.74, 6) is 0. The van der Waals surface area contributed by atoms with Gasteiger partial charge < -0.3 is 15.5 Å². The van der Waals surface area contributed by atoms with Gasteiger partial charge in [0.15, 0.2) is 0 Å². The van der Waals surface area contributed by atoms with Gasteiger partial charge in [0.25, 0.3) is 0 Å². The van der Waals surface area contributed by atoms with Crippen LogP contribution in [-0.2, 0) is 0 Å². The average Bonchev–Trinajstić information content (AvgIpc) is 1.83. The number of nitrogens with zero attached hydrogens (tertiary/aromatic N) is 2. The second-order valence-corrected chi connectivity index (χ2v) is 0.994. The number of hydrogen-bond acceptors (Lipinski definition) is 3. The molecule has 0 aromatic rings. The number of aliphatic hydroxyl groups excluding tert-OH is 1. The maximum Gasteiger partial charge on any atom is 0.230 e. The van der Waals surface area contributed by atoms with E-state index in [4.69, 9.17) is 10.3 Å². The normalized spacial score (nSPS) is 10.1. The Morgan fingerprint density at radius 3 is 2.56 bits per heavy atom. The third-order valence-corrected chi connectivity index (χ3v) is 0.440. The van der Waals surface area contributed by atoms with Crippen LogP contribution in [0, 0.1) is 5.21 Å². The van der Waals surface area contributed by atoms with E-state index in [0.717, 1.165) is 0 Å². The molecule has 0 unspecified atom stereocenters. The van der Waals surface area contributed by atoms with E-state index in [-0.39, 0.29) is 47.7 Å². The van der Waals surface area contributed by atoms with Crippen molar-refractivity contribution in [2.45, 2.75) is 0 Å². The van der Waals surface area contributed by atoms with Gasteiger partial charge in [-0.3, -0.25) is 0 Å². The molecule has 0 aliphatic carbocycles. The quantitative estimate of drug-likeness (QED) is 0.193. The SMILES string of the molecule is [Na].[O-][N+](=NO)NCCO. The van der Waals surface area contributed by atoms with E-state index in [0.29, 0.717) is 0 Å². The average molecular weight is 144 g/mol. The van der Waals surface area contributed by atoms with Gasteiger partial charge in [0.05, 0.1) is 18.1 Å². The maximum atomic E-state index is 9.85. The second-order valence-electron chi connectivity index (χ2n) is 0.994. The van der Waals surface area contributed by atoms with Crippen molar-refractivity contribution in [2.24, 2.45) is 5.28 Å². The van der Waals surface area contributed by atoms with Crippen molar-refractivity contribution in [3.63, 3.8) is 0 Å². The fourth-order valence-electron chi connectivity index (χ4n) is 0.177. The molecule has 0 heterocycles. The molecule has 49 valence electrons. The number of rotatable bonds is 3. The van der Waals surface area contributed by atoms with Crippen molar-refractivity contribution in [3.8, 4) is 0 Å². The monoisotopic (exact) mass is 144 g/mol. The zero-order valence-corrected chi connectivity index (χ0v) is 7.11. The molecule has 0 saturated carbocycles. The van der Waals surface area contributed by atoms with E-state index in [1.54, 1.807) is 0 Å². The van der Waals surface area contributed by atoms with Gasteiger partial charge in [0.2, 0.25) is 5.28 Å². The van der Waals surface area contributed by atoms with Crippen LogP contribution in [0.15, 0.2) is 5.28 Å². The molecule has 9 heavy (non-hydrogen) atoms. The first-order valence-corrected chi connectivity index (χ1v) is 1.98. The van der Waals surface area contributed by atoms with Crippen LogP contribution in [0.3, 0.4) is 0 Å². The first-order chi connectivity index (χ1) is 3.81. The Bertz CT molecular complexity index is 87.1. The predicted octanol–water partition coefficient (Wildman–Crippen LogP) is -1.55.